The van der Waals surface area contributed by atoms with E-state index in [1.54, 1.807) is 0 Å². The van der Waals surface area contributed by atoms with Crippen LogP contribution in [-0.2, 0) is 4.74 Å². The van der Waals surface area contributed by atoms with Gasteiger partial charge in [-0.2, -0.15) is 0 Å². The molecule has 3 nitrogen and oxygen atoms in total. The van der Waals surface area contributed by atoms with Crippen LogP contribution < -0.4 is 10.2 Å². The van der Waals surface area contributed by atoms with Gasteiger partial charge in [0.2, 0.25) is 0 Å². The van der Waals surface area contributed by atoms with Crippen molar-refractivity contribution in [2.75, 3.05) is 36.5 Å². The van der Waals surface area contributed by atoms with Crippen LogP contribution in [0.1, 0.15) is 33.1 Å². The van der Waals surface area contributed by atoms with Crippen LogP contribution in [0, 0.1) is 0 Å². The van der Waals surface area contributed by atoms with Crippen molar-refractivity contribution in [1.29, 1.82) is 0 Å². The topological polar surface area (TPSA) is 24.5 Å². The van der Waals surface area contributed by atoms with Gasteiger partial charge in [0.1, 0.15) is 0 Å². The molecule has 1 aromatic rings. The lowest BCUT2D eigenvalue weighted by Gasteiger charge is -2.24. The van der Waals surface area contributed by atoms with Crippen LogP contribution in [0.2, 0.25) is 0 Å². The lowest BCUT2D eigenvalue weighted by atomic mass is 10.1. The van der Waals surface area contributed by atoms with E-state index in [2.05, 4.69) is 48.3 Å². The van der Waals surface area contributed by atoms with Crippen LogP contribution in [0.3, 0.4) is 0 Å². The Kier molecular flexibility index (Phi) is 5.52. The molecule has 1 fully saturated rings. The maximum absolute atomic E-state index is 5.73. The third-order valence-corrected chi connectivity index (χ3v) is 3.80. The highest BCUT2D eigenvalue weighted by Crippen LogP contribution is 2.19. The van der Waals surface area contributed by atoms with Crippen molar-refractivity contribution in [3.63, 3.8) is 0 Å². The summed E-state index contributed by atoms with van der Waals surface area (Å²) in [6, 6.07) is 8.71. The van der Waals surface area contributed by atoms with Gasteiger partial charge in [0.15, 0.2) is 0 Å². The van der Waals surface area contributed by atoms with Crippen molar-refractivity contribution in [2.24, 2.45) is 0 Å². The number of ether oxygens (including phenoxy) is 1. The van der Waals surface area contributed by atoms with Crippen LogP contribution in [-0.4, -0.2) is 32.3 Å². The minimum Gasteiger partial charge on any atom is -0.382 e. The van der Waals surface area contributed by atoms with Gasteiger partial charge >= 0.3 is 0 Å². The van der Waals surface area contributed by atoms with Crippen LogP contribution in [0.5, 0.6) is 0 Å². The average Bonchev–Trinajstić information content (AvgIpc) is 2.49. The number of rotatable bonds is 6. The van der Waals surface area contributed by atoms with Gasteiger partial charge in [-0.25, -0.2) is 0 Å². The number of anilines is 2. The SMILES string of the molecule is CCN(CC)c1ccc(NCC2CCCCO2)cc1. The molecule has 1 saturated heterocycles. The summed E-state index contributed by atoms with van der Waals surface area (Å²) in [5.41, 5.74) is 2.48. The van der Waals surface area contributed by atoms with Gasteiger partial charge < -0.3 is 15.0 Å². The molecule has 19 heavy (non-hydrogen) atoms. The highest BCUT2D eigenvalue weighted by atomic mass is 16.5. The summed E-state index contributed by atoms with van der Waals surface area (Å²) < 4.78 is 5.73. The molecule has 2 rings (SSSR count). The molecule has 0 bridgehead atoms. The fraction of sp³-hybridized carbons (Fsp3) is 0.625. The van der Waals surface area contributed by atoms with E-state index in [9.17, 15) is 0 Å². The van der Waals surface area contributed by atoms with Crippen LogP contribution in [0.15, 0.2) is 24.3 Å². The Labute approximate surface area is 116 Å². The maximum Gasteiger partial charge on any atom is 0.0747 e. The number of nitrogens with one attached hydrogen (secondary N) is 1. The predicted molar refractivity (Wildman–Crippen MR) is 82.1 cm³/mol. The summed E-state index contributed by atoms with van der Waals surface area (Å²) in [6.45, 7) is 8.34. The first-order valence-corrected chi connectivity index (χ1v) is 7.54. The molecule has 0 aliphatic carbocycles. The van der Waals surface area contributed by atoms with Crippen molar-refractivity contribution < 1.29 is 4.74 Å². The molecule has 0 amide bonds. The highest BCUT2D eigenvalue weighted by Gasteiger charge is 2.13. The van der Waals surface area contributed by atoms with E-state index in [4.69, 9.17) is 4.74 Å². The first-order valence-electron chi connectivity index (χ1n) is 7.54. The van der Waals surface area contributed by atoms with Crippen molar-refractivity contribution in [1.82, 2.24) is 0 Å². The molecule has 1 aliphatic rings. The molecule has 0 spiro atoms. The normalized spacial score (nSPS) is 19.2. The molecule has 3 heteroatoms. The first kappa shape index (κ1) is 14.2. The molecule has 1 aromatic carbocycles. The Morgan fingerprint density at radius 2 is 1.89 bits per heavy atom. The molecule has 1 heterocycles. The second-order valence-electron chi connectivity index (χ2n) is 5.09. The fourth-order valence-electron chi connectivity index (χ4n) is 2.58. The number of nitrogens with zero attached hydrogens (tertiary/aromatic N) is 1. The highest BCUT2D eigenvalue weighted by molar-refractivity contribution is 5.55. The van der Waals surface area contributed by atoms with Crippen molar-refractivity contribution in [3.05, 3.63) is 24.3 Å². The summed E-state index contributed by atoms with van der Waals surface area (Å²) in [7, 11) is 0. The maximum atomic E-state index is 5.73. The van der Waals surface area contributed by atoms with Gasteiger partial charge in [-0.3, -0.25) is 0 Å². The molecule has 106 valence electrons. The zero-order valence-electron chi connectivity index (χ0n) is 12.2. The van der Waals surface area contributed by atoms with E-state index in [0.717, 1.165) is 26.2 Å². The van der Waals surface area contributed by atoms with Crippen LogP contribution >= 0.6 is 0 Å². The number of benzene rings is 1. The Hall–Kier alpha value is -1.22. The first-order chi connectivity index (χ1) is 9.33. The zero-order valence-corrected chi connectivity index (χ0v) is 12.2. The van der Waals surface area contributed by atoms with E-state index in [-0.39, 0.29) is 0 Å². The van der Waals surface area contributed by atoms with Crippen LogP contribution in [0.25, 0.3) is 0 Å². The molecular formula is C16H26N2O. The third kappa shape index (κ3) is 4.13. The fourth-order valence-corrected chi connectivity index (χ4v) is 2.58. The van der Waals surface area contributed by atoms with E-state index < -0.39 is 0 Å². The molecule has 0 radical (unpaired) electrons. The quantitative estimate of drug-likeness (QED) is 0.849. The van der Waals surface area contributed by atoms with Gasteiger partial charge in [-0.15, -0.1) is 0 Å². The Bertz CT molecular complexity index is 354. The summed E-state index contributed by atoms with van der Waals surface area (Å²) in [5, 5.41) is 3.47. The molecule has 0 aromatic heterocycles. The largest absolute Gasteiger partial charge is 0.382 e. The zero-order chi connectivity index (χ0) is 13.5. The van der Waals surface area contributed by atoms with Crippen molar-refractivity contribution in [3.8, 4) is 0 Å². The molecule has 1 unspecified atom stereocenters. The smallest absolute Gasteiger partial charge is 0.0747 e. The molecular weight excluding hydrogens is 236 g/mol. The van der Waals surface area contributed by atoms with Crippen molar-refractivity contribution in [2.45, 2.75) is 39.2 Å². The lowest BCUT2D eigenvalue weighted by molar-refractivity contribution is 0.0247. The van der Waals surface area contributed by atoms with Gasteiger partial charge in [0.25, 0.3) is 0 Å². The lowest BCUT2D eigenvalue weighted by Crippen LogP contribution is -2.27. The molecule has 1 aliphatic heterocycles. The summed E-state index contributed by atoms with van der Waals surface area (Å²) in [5.74, 6) is 0. The van der Waals surface area contributed by atoms with Gasteiger partial charge in [0.05, 0.1) is 6.10 Å². The average molecular weight is 262 g/mol. The van der Waals surface area contributed by atoms with E-state index in [1.165, 1.54) is 30.6 Å². The second-order valence-corrected chi connectivity index (χ2v) is 5.09. The monoisotopic (exact) mass is 262 g/mol. The molecule has 1 atom stereocenters. The second kappa shape index (κ2) is 7.39. The molecule has 0 saturated carbocycles. The number of hydrogen-bond acceptors (Lipinski definition) is 3. The summed E-state index contributed by atoms with van der Waals surface area (Å²) in [6.07, 6.45) is 4.09. The third-order valence-electron chi connectivity index (χ3n) is 3.80. The van der Waals surface area contributed by atoms with E-state index >= 15 is 0 Å². The minimum absolute atomic E-state index is 0.385. The van der Waals surface area contributed by atoms with Crippen molar-refractivity contribution >= 4 is 11.4 Å². The Morgan fingerprint density at radius 1 is 1.16 bits per heavy atom. The summed E-state index contributed by atoms with van der Waals surface area (Å²) >= 11 is 0. The minimum atomic E-state index is 0.385. The molecule has 1 N–H and O–H groups in total. The van der Waals surface area contributed by atoms with Crippen LogP contribution in [0.4, 0.5) is 11.4 Å². The van der Waals surface area contributed by atoms with Gasteiger partial charge in [-0.05, 0) is 57.4 Å². The number of hydrogen-bond donors (Lipinski definition) is 1. The van der Waals surface area contributed by atoms with E-state index in [1.807, 2.05) is 0 Å². The van der Waals surface area contributed by atoms with Gasteiger partial charge in [-0.1, -0.05) is 0 Å². The van der Waals surface area contributed by atoms with E-state index in [0.29, 0.717) is 6.10 Å². The standard InChI is InChI=1S/C16H26N2O/c1-3-18(4-2)15-10-8-14(9-11-15)17-13-16-7-5-6-12-19-16/h8-11,16-17H,3-7,12-13H2,1-2H3. The Morgan fingerprint density at radius 3 is 2.47 bits per heavy atom. The predicted octanol–water partition coefficient (Wildman–Crippen LogP) is 3.51. The Balaban J connectivity index is 1.84. The van der Waals surface area contributed by atoms with Gasteiger partial charge in [0, 0.05) is 37.6 Å². The summed E-state index contributed by atoms with van der Waals surface area (Å²) in [4.78, 5) is 2.36.